The number of benzene rings is 1. The van der Waals surface area contributed by atoms with Gasteiger partial charge in [-0.25, -0.2) is 4.98 Å². The second kappa shape index (κ2) is 5.81. The van der Waals surface area contributed by atoms with Crippen LogP contribution in [0.25, 0.3) is 16.2 Å². The van der Waals surface area contributed by atoms with E-state index in [1.807, 2.05) is 18.2 Å². The maximum Gasteiger partial charge on any atom is 0.309 e. The van der Waals surface area contributed by atoms with Crippen LogP contribution in [0, 0.1) is 13.8 Å². The van der Waals surface area contributed by atoms with Crippen molar-refractivity contribution in [2.75, 3.05) is 0 Å². The van der Waals surface area contributed by atoms with Gasteiger partial charge in [0, 0.05) is 5.38 Å². The number of hydrogen-bond acceptors (Lipinski definition) is 3. The lowest BCUT2D eigenvalue weighted by molar-refractivity contribution is -0.136. The molecule has 0 saturated carbocycles. The second-order valence-electron chi connectivity index (χ2n) is 6.21. The van der Waals surface area contributed by atoms with Crippen LogP contribution in [0.2, 0.25) is 0 Å². The van der Waals surface area contributed by atoms with Gasteiger partial charge in [0.1, 0.15) is 0 Å². The van der Waals surface area contributed by atoms with Crippen LogP contribution in [0.15, 0.2) is 23.6 Å². The Morgan fingerprint density at radius 2 is 2.04 bits per heavy atom. The Morgan fingerprint density at radius 3 is 2.65 bits per heavy atom. The van der Waals surface area contributed by atoms with Gasteiger partial charge >= 0.3 is 5.97 Å². The molecule has 0 unspecified atom stereocenters. The van der Waals surface area contributed by atoms with Gasteiger partial charge in [0.2, 0.25) is 0 Å². The fourth-order valence-electron chi connectivity index (χ4n) is 2.81. The summed E-state index contributed by atoms with van der Waals surface area (Å²) in [6.45, 7) is 8.28. The lowest BCUT2D eigenvalue weighted by Crippen LogP contribution is -2.07. The number of rotatable bonds is 4. The van der Waals surface area contributed by atoms with Crippen molar-refractivity contribution in [1.29, 1.82) is 0 Å². The third-order valence-electron chi connectivity index (χ3n) is 4.16. The van der Waals surface area contributed by atoms with E-state index < -0.39 is 5.97 Å². The molecule has 0 radical (unpaired) electrons. The van der Waals surface area contributed by atoms with E-state index in [1.165, 1.54) is 11.1 Å². The topological polar surface area (TPSA) is 54.6 Å². The summed E-state index contributed by atoms with van der Waals surface area (Å²) in [4.78, 5) is 16.8. The standard InChI is InChI=1S/C18H20N2O2S/c1-10(2)17-14(8-16(21)22)20-15(9-23-18(20)19-17)13-6-5-11(3)12(4)7-13/h5-7,9-10H,8H2,1-4H3,(H,21,22). The first-order chi connectivity index (χ1) is 10.9. The SMILES string of the molecule is Cc1ccc(-c2csc3nc(C(C)C)c(CC(=O)O)n23)cc1C. The van der Waals surface area contributed by atoms with Crippen molar-refractivity contribution in [2.24, 2.45) is 0 Å². The zero-order valence-corrected chi connectivity index (χ0v) is 14.6. The number of aryl methyl sites for hydroxylation is 2. The molecular weight excluding hydrogens is 308 g/mol. The van der Waals surface area contributed by atoms with E-state index in [2.05, 4.69) is 42.4 Å². The lowest BCUT2D eigenvalue weighted by Gasteiger charge is -2.08. The summed E-state index contributed by atoms with van der Waals surface area (Å²) in [5, 5.41) is 11.4. The van der Waals surface area contributed by atoms with Crippen LogP contribution >= 0.6 is 11.3 Å². The van der Waals surface area contributed by atoms with Gasteiger partial charge in [-0.3, -0.25) is 9.20 Å². The van der Waals surface area contributed by atoms with Crippen LogP contribution in [0.3, 0.4) is 0 Å². The molecule has 2 heterocycles. The molecule has 0 aliphatic rings. The van der Waals surface area contributed by atoms with Gasteiger partial charge in [-0.05, 0) is 42.5 Å². The molecule has 0 amide bonds. The Kier molecular flexibility index (Phi) is 3.98. The first-order valence-corrected chi connectivity index (χ1v) is 8.54. The van der Waals surface area contributed by atoms with Gasteiger partial charge < -0.3 is 5.11 Å². The molecule has 1 aromatic carbocycles. The van der Waals surface area contributed by atoms with E-state index in [1.54, 1.807) is 11.3 Å². The van der Waals surface area contributed by atoms with Crippen molar-refractivity contribution < 1.29 is 9.90 Å². The molecule has 0 spiro atoms. The molecule has 1 N–H and O–H groups in total. The third-order valence-corrected chi connectivity index (χ3v) is 4.98. The second-order valence-corrected chi connectivity index (χ2v) is 7.04. The van der Waals surface area contributed by atoms with E-state index in [4.69, 9.17) is 0 Å². The number of aliphatic carboxylic acids is 1. The monoisotopic (exact) mass is 328 g/mol. The van der Waals surface area contributed by atoms with Crippen LogP contribution in [-0.4, -0.2) is 20.5 Å². The first-order valence-electron chi connectivity index (χ1n) is 7.66. The summed E-state index contributed by atoms with van der Waals surface area (Å²) in [5.74, 6) is -0.630. The molecule has 3 rings (SSSR count). The Bertz CT molecular complexity index is 890. The minimum Gasteiger partial charge on any atom is -0.481 e. The van der Waals surface area contributed by atoms with Crippen LogP contribution in [-0.2, 0) is 11.2 Å². The summed E-state index contributed by atoms with van der Waals surface area (Å²) in [5.41, 5.74) is 6.26. The minimum atomic E-state index is -0.828. The van der Waals surface area contributed by atoms with Crippen molar-refractivity contribution >= 4 is 22.3 Å². The van der Waals surface area contributed by atoms with Gasteiger partial charge in [0.15, 0.2) is 4.96 Å². The number of aromatic nitrogens is 2. The molecule has 0 bridgehead atoms. The van der Waals surface area contributed by atoms with Gasteiger partial charge in [0.05, 0.1) is 23.5 Å². The predicted octanol–water partition coefficient (Wildman–Crippen LogP) is 4.43. The molecule has 120 valence electrons. The van der Waals surface area contributed by atoms with E-state index in [-0.39, 0.29) is 12.3 Å². The number of imidazole rings is 1. The smallest absolute Gasteiger partial charge is 0.309 e. The molecule has 0 fully saturated rings. The van der Waals surface area contributed by atoms with E-state index in [0.29, 0.717) is 0 Å². The van der Waals surface area contributed by atoms with Crippen molar-refractivity contribution in [3.05, 3.63) is 46.1 Å². The number of nitrogens with zero attached hydrogens (tertiary/aromatic N) is 2. The fourth-order valence-corrected chi connectivity index (χ4v) is 3.73. The Morgan fingerprint density at radius 1 is 1.30 bits per heavy atom. The highest BCUT2D eigenvalue weighted by Gasteiger charge is 2.21. The summed E-state index contributed by atoms with van der Waals surface area (Å²) in [6.07, 6.45) is -0.0107. The number of carboxylic acid groups (broad SMARTS) is 1. The zero-order valence-electron chi connectivity index (χ0n) is 13.8. The van der Waals surface area contributed by atoms with E-state index in [9.17, 15) is 9.90 Å². The van der Waals surface area contributed by atoms with Crippen molar-refractivity contribution in [3.63, 3.8) is 0 Å². The number of fused-ring (bicyclic) bond motifs is 1. The molecule has 5 heteroatoms. The molecule has 0 aliphatic heterocycles. The highest BCUT2D eigenvalue weighted by molar-refractivity contribution is 7.15. The predicted molar refractivity (Wildman–Crippen MR) is 93.4 cm³/mol. The largest absolute Gasteiger partial charge is 0.481 e. The highest BCUT2D eigenvalue weighted by Crippen LogP contribution is 2.32. The normalized spacial score (nSPS) is 11.5. The highest BCUT2D eigenvalue weighted by atomic mass is 32.1. The molecule has 4 nitrogen and oxygen atoms in total. The quantitative estimate of drug-likeness (QED) is 0.771. The number of thiazole rings is 1. The van der Waals surface area contributed by atoms with E-state index >= 15 is 0 Å². The van der Waals surface area contributed by atoms with Crippen LogP contribution < -0.4 is 0 Å². The third kappa shape index (κ3) is 2.77. The molecule has 0 saturated heterocycles. The fraction of sp³-hybridized carbons (Fsp3) is 0.333. The first kappa shape index (κ1) is 15.7. The molecule has 0 atom stereocenters. The lowest BCUT2D eigenvalue weighted by atomic mass is 10.0. The number of carbonyl (C=O) groups is 1. The number of carboxylic acids is 1. The van der Waals surface area contributed by atoms with Crippen molar-refractivity contribution in [1.82, 2.24) is 9.38 Å². The Labute approximate surface area is 139 Å². The summed E-state index contributed by atoms with van der Waals surface area (Å²) >= 11 is 1.56. The Balaban J connectivity index is 2.25. The summed E-state index contributed by atoms with van der Waals surface area (Å²) in [7, 11) is 0. The molecular formula is C18H20N2O2S. The molecule has 23 heavy (non-hydrogen) atoms. The van der Waals surface area contributed by atoms with Gasteiger partial charge in [-0.2, -0.15) is 0 Å². The van der Waals surface area contributed by atoms with Crippen LogP contribution in [0.1, 0.15) is 42.3 Å². The zero-order chi connectivity index (χ0) is 16.7. The van der Waals surface area contributed by atoms with Gasteiger partial charge in [0.25, 0.3) is 0 Å². The van der Waals surface area contributed by atoms with Gasteiger partial charge in [-0.1, -0.05) is 26.0 Å². The van der Waals surface area contributed by atoms with Crippen LogP contribution in [0.4, 0.5) is 0 Å². The summed E-state index contributed by atoms with van der Waals surface area (Å²) < 4.78 is 2.01. The Hall–Kier alpha value is -2.14. The molecule has 3 aromatic rings. The average molecular weight is 328 g/mol. The van der Waals surface area contributed by atoms with Gasteiger partial charge in [-0.15, -0.1) is 11.3 Å². The van der Waals surface area contributed by atoms with E-state index in [0.717, 1.165) is 27.6 Å². The minimum absolute atomic E-state index is 0.0107. The maximum atomic E-state index is 11.3. The van der Waals surface area contributed by atoms with Crippen molar-refractivity contribution in [3.8, 4) is 11.3 Å². The molecule has 2 aromatic heterocycles. The number of hydrogen-bond donors (Lipinski definition) is 1. The summed E-state index contributed by atoms with van der Waals surface area (Å²) in [6, 6.07) is 6.34. The van der Waals surface area contributed by atoms with Crippen LogP contribution in [0.5, 0.6) is 0 Å². The maximum absolute atomic E-state index is 11.3. The molecule has 0 aliphatic carbocycles. The average Bonchev–Trinajstić information content (AvgIpc) is 3.02. The van der Waals surface area contributed by atoms with Crippen molar-refractivity contribution in [2.45, 2.75) is 40.0 Å².